The number of rotatable bonds is 5. The number of aliphatic hydroxyl groups is 1. The molecule has 35 heavy (non-hydrogen) atoms. The van der Waals surface area contributed by atoms with Crippen molar-refractivity contribution in [3.63, 3.8) is 0 Å². The lowest BCUT2D eigenvalue weighted by molar-refractivity contribution is 0.103. The number of carbonyl (C=O) groups excluding carboxylic acids is 1. The van der Waals surface area contributed by atoms with Crippen molar-refractivity contribution in [2.45, 2.75) is 0 Å². The van der Waals surface area contributed by atoms with Gasteiger partial charge in [0.05, 0.1) is 12.1 Å². The number of benzene rings is 4. The number of aliphatic hydroxyl groups excluding tert-OH is 1. The van der Waals surface area contributed by atoms with E-state index in [-0.39, 0.29) is 11.5 Å². The molecule has 0 amide bonds. The highest BCUT2D eigenvalue weighted by atomic mass is 79.9. The van der Waals surface area contributed by atoms with Crippen LogP contribution < -0.4 is 9.80 Å². The summed E-state index contributed by atoms with van der Waals surface area (Å²) in [4.78, 5) is 17.5. The fourth-order valence-corrected chi connectivity index (χ4v) is 4.84. The van der Waals surface area contributed by atoms with Crippen molar-refractivity contribution in [1.82, 2.24) is 0 Å². The van der Waals surface area contributed by atoms with Crippen LogP contribution >= 0.6 is 31.9 Å². The molecule has 5 rings (SSSR count). The summed E-state index contributed by atoms with van der Waals surface area (Å²) < 4.78 is 2.01. The fourth-order valence-electron chi connectivity index (χ4n) is 4.31. The van der Waals surface area contributed by atoms with Crippen LogP contribution in [0.25, 0.3) is 5.76 Å². The molecule has 0 bridgehead atoms. The van der Waals surface area contributed by atoms with E-state index in [0.717, 1.165) is 31.7 Å². The molecular weight excluding hydrogens is 568 g/mol. The molecule has 0 saturated carbocycles. The van der Waals surface area contributed by atoms with Crippen LogP contribution in [0.3, 0.4) is 0 Å². The van der Waals surface area contributed by atoms with Gasteiger partial charge < -0.3 is 14.9 Å². The lowest BCUT2D eigenvalue weighted by atomic mass is 9.94. The third-order valence-electron chi connectivity index (χ3n) is 6.08. The Morgan fingerprint density at radius 3 is 1.80 bits per heavy atom. The van der Waals surface area contributed by atoms with E-state index in [9.17, 15) is 9.90 Å². The molecule has 1 aliphatic rings. The number of ketones is 1. The average molecular weight is 590 g/mol. The van der Waals surface area contributed by atoms with Crippen molar-refractivity contribution in [2.75, 3.05) is 23.4 Å². The van der Waals surface area contributed by atoms with Gasteiger partial charge in [-0.3, -0.25) is 4.79 Å². The van der Waals surface area contributed by atoms with Crippen molar-refractivity contribution in [1.29, 1.82) is 0 Å². The quantitative estimate of drug-likeness (QED) is 0.238. The van der Waals surface area contributed by atoms with Crippen LogP contribution in [-0.4, -0.2) is 24.5 Å². The summed E-state index contributed by atoms with van der Waals surface area (Å²) in [5, 5.41) is 10.9. The summed E-state index contributed by atoms with van der Waals surface area (Å²) >= 11 is 7.02. The van der Waals surface area contributed by atoms with Gasteiger partial charge in [0.25, 0.3) is 0 Å². The van der Waals surface area contributed by atoms with Crippen LogP contribution in [0.5, 0.6) is 0 Å². The number of carbonyl (C=O) groups is 1. The molecule has 0 aliphatic carbocycles. The average Bonchev–Trinajstić information content (AvgIpc) is 2.89. The van der Waals surface area contributed by atoms with E-state index in [1.807, 2.05) is 109 Å². The van der Waals surface area contributed by atoms with Gasteiger partial charge in [-0.25, -0.2) is 0 Å². The largest absolute Gasteiger partial charge is 0.507 e. The van der Waals surface area contributed by atoms with Crippen LogP contribution in [0, 0.1) is 0 Å². The maximum atomic E-state index is 13.4. The third kappa shape index (κ3) is 4.64. The highest BCUT2D eigenvalue weighted by Crippen LogP contribution is 2.37. The lowest BCUT2D eigenvalue weighted by Gasteiger charge is -2.29. The first-order valence-electron chi connectivity index (χ1n) is 11.1. The molecule has 0 unspecified atom stereocenters. The summed E-state index contributed by atoms with van der Waals surface area (Å²) in [5.74, 6) is -0.117. The standard InChI is InChI=1S/C29H22Br2N2O2/c1-32-18-26(29(35)25-4-2-3-5-27(25)32)28(34)19-6-12-22(13-7-19)33(23-14-8-20(30)9-15-23)24-16-10-21(31)11-17-24/h2-17,35H,18H2,1H3. The number of nitrogens with zero attached hydrogens (tertiary/aromatic N) is 2. The molecule has 0 saturated heterocycles. The van der Waals surface area contributed by atoms with Gasteiger partial charge in [-0.05, 0) is 84.9 Å². The van der Waals surface area contributed by atoms with Crippen molar-refractivity contribution in [3.05, 3.63) is 123 Å². The van der Waals surface area contributed by atoms with Gasteiger partial charge in [-0.15, -0.1) is 0 Å². The van der Waals surface area contributed by atoms with Gasteiger partial charge in [-0.1, -0.05) is 44.0 Å². The Labute approximate surface area is 221 Å². The highest BCUT2D eigenvalue weighted by molar-refractivity contribution is 9.10. The number of likely N-dealkylation sites (N-methyl/N-ethyl adjacent to an activating group) is 1. The summed E-state index contributed by atoms with van der Waals surface area (Å²) in [7, 11) is 1.93. The van der Waals surface area contributed by atoms with Crippen LogP contribution in [0.1, 0.15) is 15.9 Å². The Balaban J connectivity index is 1.50. The zero-order valence-electron chi connectivity index (χ0n) is 19.0. The molecule has 4 aromatic rings. The molecule has 174 valence electrons. The number of Topliss-reactive ketones (excluding diaryl/α,β-unsaturated/α-hetero) is 1. The minimum atomic E-state index is -0.172. The first-order valence-corrected chi connectivity index (χ1v) is 12.7. The Morgan fingerprint density at radius 1 is 0.771 bits per heavy atom. The topological polar surface area (TPSA) is 43.8 Å². The number of hydrogen-bond donors (Lipinski definition) is 1. The molecular formula is C29H22Br2N2O2. The van der Waals surface area contributed by atoms with Crippen molar-refractivity contribution in [3.8, 4) is 0 Å². The van der Waals surface area contributed by atoms with E-state index in [4.69, 9.17) is 0 Å². The predicted molar refractivity (Wildman–Crippen MR) is 150 cm³/mol. The smallest absolute Gasteiger partial charge is 0.194 e. The van der Waals surface area contributed by atoms with Gasteiger partial charge in [-0.2, -0.15) is 0 Å². The SMILES string of the molecule is CN1CC(C(=O)c2ccc(N(c3ccc(Br)cc3)c3ccc(Br)cc3)cc2)=C(O)c2ccccc21. The Morgan fingerprint density at radius 2 is 1.26 bits per heavy atom. The van der Waals surface area contributed by atoms with Crippen molar-refractivity contribution < 1.29 is 9.90 Å². The van der Waals surface area contributed by atoms with E-state index in [1.165, 1.54) is 0 Å². The summed E-state index contributed by atoms with van der Waals surface area (Å²) in [6.45, 7) is 0.355. The maximum Gasteiger partial charge on any atom is 0.194 e. The second-order valence-corrected chi connectivity index (χ2v) is 10.2. The molecule has 1 aliphatic heterocycles. The number of para-hydroxylation sites is 1. The Hall–Kier alpha value is -3.35. The second kappa shape index (κ2) is 9.72. The number of hydrogen-bond acceptors (Lipinski definition) is 4. The Bertz CT molecular complexity index is 1370. The van der Waals surface area contributed by atoms with Crippen LogP contribution in [0.2, 0.25) is 0 Å². The first kappa shape index (κ1) is 23.4. The van der Waals surface area contributed by atoms with Crippen molar-refractivity contribution >= 4 is 66.2 Å². The van der Waals surface area contributed by atoms with Crippen LogP contribution in [-0.2, 0) is 0 Å². The van der Waals surface area contributed by atoms with E-state index in [1.54, 1.807) is 0 Å². The minimum Gasteiger partial charge on any atom is -0.507 e. The molecule has 0 atom stereocenters. The zero-order valence-corrected chi connectivity index (χ0v) is 22.1. The molecule has 1 heterocycles. The molecule has 0 spiro atoms. The molecule has 0 aromatic heterocycles. The van der Waals surface area contributed by atoms with Crippen LogP contribution in [0.4, 0.5) is 22.7 Å². The summed E-state index contributed by atoms with van der Waals surface area (Å²) in [6, 6.07) is 31.3. The molecule has 4 aromatic carbocycles. The van der Waals surface area contributed by atoms with E-state index in [2.05, 4.69) is 36.8 Å². The lowest BCUT2D eigenvalue weighted by Crippen LogP contribution is -2.29. The maximum absolute atomic E-state index is 13.4. The van der Waals surface area contributed by atoms with Gasteiger partial charge in [0, 0.05) is 49.9 Å². The molecule has 0 fully saturated rings. The monoisotopic (exact) mass is 588 g/mol. The second-order valence-electron chi connectivity index (χ2n) is 8.36. The van der Waals surface area contributed by atoms with Gasteiger partial charge in [0.1, 0.15) is 5.76 Å². The number of halogens is 2. The highest BCUT2D eigenvalue weighted by Gasteiger charge is 2.27. The van der Waals surface area contributed by atoms with E-state index in [0.29, 0.717) is 23.2 Å². The number of anilines is 4. The van der Waals surface area contributed by atoms with E-state index >= 15 is 0 Å². The number of fused-ring (bicyclic) bond motifs is 1. The summed E-state index contributed by atoms with van der Waals surface area (Å²) in [5.41, 5.74) is 5.46. The minimum absolute atomic E-state index is 0.0547. The Kier molecular flexibility index (Phi) is 6.50. The van der Waals surface area contributed by atoms with Gasteiger partial charge >= 0.3 is 0 Å². The zero-order chi connectivity index (χ0) is 24.5. The molecule has 1 N–H and O–H groups in total. The molecule has 4 nitrogen and oxygen atoms in total. The van der Waals surface area contributed by atoms with Crippen LogP contribution in [0.15, 0.2) is 112 Å². The molecule has 0 radical (unpaired) electrons. The van der Waals surface area contributed by atoms with Gasteiger partial charge in [0.2, 0.25) is 0 Å². The van der Waals surface area contributed by atoms with Crippen molar-refractivity contribution in [2.24, 2.45) is 0 Å². The third-order valence-corrected chi connectivity index (χ3v) is 7.14. The first-order chi connectivity index (χ1) is 16.9. The van der Waals surface area contributed by atoms with Gasteiger partial charge in [0.15, 0.2) is 5.78 Å². The fraction of sp³-hybridized carbons (Fsp3) is 0.0690. The van der Waals surface area contributed by atoms with E-state index < -0.39 is 0 Å². The predicted octanol–water partition coefficient (Wildman–Crippen LogP) is 8.28. The summed E-state index contributed by atoms with van der Waals surface area (Å²) in [6.07, 6.45) is 0. The molecule has 6 heteroatoms. The normalized spacial score (nSPS) is 12.9.